The lowest BCUT2D eigenvalue weighted by Crippen LogP contribution is -2.32. The third-order valence-electron chi connectivity index (χ3n) is 4.53. The van der Waals surface area contributed by atoms with Crippen LogP contribution in [0.15, 0.2) is 36.8 Å². The first kappa shape index (κ1) is 15.8. The lowest BCUT2D eigenvalue weighted by molar-refractivity contribution is 0.115. The van der Waals surface area contributed by atoms with Crippen molar-refractivity contribution in [3.8, 4) is 5.75 Å². The van der Waals surface area contributed by atoms with E-state index in [1.165, 1.54) is 0 Å². The van der Waals surface area contributed by atoms with E-state index in [-0.39, 0.29) is 6.10 Å². The van der Waals surface area contributed by atoms with Crippen molar-refractivity contribution in [1.29, 1.82) is 0 Å². The number of aromatic amines is 1. The molecule has 1 aliphatic heterocycles. The van der Waals surface area contributed by atoms with Gasteiger partial charge in [-0.1, -0.05) is 18.2 Å². The Labute approximate surface area is 146 Å². The highest BCUT2D eigenvalue weighted by Gasteiger charge is 2.23. The van der Waals surface area contributed by atoms with E-state index < -0.39 is 0 Å². The molecule has 1 unspecified atom stereocenters. The molecule has 0 radical (unpaired) electrons. The van der Waals surface area contributed by atoms with Gasteiger partial charge >= 0.3 is 0 Å². The Kier molecular flexibility index (Phi) is 4.47. The van der Waals surface area contributed by atoms with Gasteiger partial charge in [0.1, 0.15) is 17.9 Å². The summed E-state index contributed by atoms with van der Waals surface area (Å²) in [5, 5.41) is 7.93. The second-order valence-corrected chi connectivity index (χ2v) is 6.16. The van der Waals surface area contributed by atoms with Crippen LogP contribution >= 0.6 is 0 Å². The van der Waals surface area contributed by atoms with Gasteiger partial charge < -0.3 is 14.4 Å². The smallest absolute Gasteiger partial charge is 0.160 e. The maximum Gasteiger partial charge on any atom is 0.160 e. The first-order valence-corrected chi connectivity index (χ1v) is 8.47. The van der Waals surface area contributed by atoms with Gasteiger partial charge in [-0.2, -0.15) is 5.10 Å². The third-order valence-corrected chi connectivity index (χ3v) is 4.53. The van der Waals surface area contributed by atoms with Gasteiger partial charge in [-0.05, 0) is 18.9 Å². The van der Waals surface area contributed by atoms with Crippen LogP contribution in [0.3, 0.4) is 0 Å². The number of hydrogen-bond donors (Lipinski definition) is 1. The first-order chi connectivity index (χ1) is 12.3. The maximum absolute atomic E-state index is 5.85. The number of benzene rings is 1. The molecule has 1 aliphatic rings. The van der Waals surface area contributed by atoms with Crippen LogP contribution in [0.2, 0.25) is 0 Å². The number of anilines is 1. The van der Waals surface area contributed by atoms with Crippen LogP contribution in [-0.4, -0.2) is 46.5 Å². The number of aromatic nitrogens is 4. The average molecular weight is 339 g/mol. The van der Waals surface area contributed by atoms with Gasteiger partial charge in [-0.15, -0.1) is 0 Å². The third kappa shape index (κ3) is 3.28. The van der Waals surface area contributed by atoms with Crippen molar-refractivity contribution in [3.05, 3.63) is 42.4 Å². The summed E-state index contributed by atoms with van der Waals surface area (Å²) in [4.78, 5) is 11.0. The largest absolute Gasteiger partial charge is 0.496 e. The molecular formula is C18H21N5O2. The molecule has 0 aliphatic carbocycles. The molecule has 4 rings (SSSR count). The molecule has 0 saturated carbocycles. The van der Waals surface area contributed by atoms with Crippen molar-refractivity contribution in [2.24, 2.45) is 0 Å². The molecule has 1 saturated heterocycles. The summed E-state index contributed by atoms with van der Waals surface area (Å²) in [6.07, 6.45) is 5.74. The topological polar surface area (TPSA) is 76.2 Å². The summed E-state index contributed by atoms with van der Waals surface area (Å²) in [7, 11) is 1.70. The highest BCUT2D eigenvalue weighted by molar-refractivity contribution is 5.86. The van der Waals surface area contributed by atoms with Crippen molar-refractivity contribution in [3.63, 3.8) is 0 Å². The van der Waals surface area contributed by atoms with E-state index in [0.29, 0.717) is 6.54 Å². The summed E-state index contributed by atoms with van der Waals surface area (Å²) in [6.45, 7) is 2.29. The van der Waals surface area contributed by atoms with Crippen LogP contribution in [0, 0.1) is 0 Å². The van der Waals surface area contributed by atoms with Crippen molar-refractivity contribution in [2.75, 3.05) is 25.2 Å². The number of methoxy groups -OCH3 is 1. The van der Waals surface area contributed by atoms with Crippen molar-refractivity contribution >= 4 is 16.9 Å². The van der Waals surface area contributed by atoms with Crippen LogP contribution in [0.1, 0.15) is 18.4 Å². The summed E-state index contributed by atoms with van der Waals surface area (Å²) in [5.74, 6) is 1.73. The predicted octanol–water partition coefficient (Wildman–Crippen LogP) is 2.55. The number of nitrogens with one attached hydrogen (secondary N) is 1. The Hall–Kier alpha value is -2.67. The number of nitrogens with zero attached hydrogens (tertiary/aromatic N) is 4. The zero-order valence-corrected chi connectivity index (χ0v) is 14.2. The van der Waals surface area contributed by atoms with E-state index in [4.69, 9.17) is 9.47 Å². The van der Waals surface area contributed by atoms with E-state index in [2.05, 4.69) is 31.1 Å². The fraction of sp³-hybridized carbons (Fsp3) is 0.389. The molecule has 1 atom stereocenters. The molecule has 130 valence electrons. The Balaban J connectivity index is 1.69. The lowest BCUT2D eigenvalue weighted by Gasteiger charge is -2.27. The fourth-order valence-electron chi connectivity index (χ4n) is 3.30. The van der Waals surface area contributed by atoms with Gasteiger partial charge in [0.05, 0.1) is 24.8 Å². The van der Waals surface area contributed by atoms with E-state index in [0.717, 1.165) is 54.2 Å². The molecule has 25 heavy (non-hydrogen) atoms. The van der Waals surface area contributed by atoms with E-state index in [9.17, 15) is 0 Å². The summed E-state index contributed by atoms with van der Waals surface area (Å²) in [5.41, 5.74) is 1.85. The molecule has 1 fully saturated rings. The zero-order valence-electron chi connectivity index (χ0n) is 14.2. The van der Waals surface area contributed by atoms with E-state index in [1.807, 2.05) is 18.2 Å². The summed E-state index contributed by atoms with van der Waals surface area (Å²) >= 11 is 0. The highest BCUT2D eigenvalue weighted by atomic mass is 16.5. The molecule has 7 heteroatoms. The van der Waals surface area contributed by atoms with Crippen LogP contribution < -0.4 is 9.64 Å². The van der Waals surface area contributed by atoms with Crippen LogP contribution in [0.5, 0.6) is 5.75 Å². The summed E-state index contributed by atoms with van der Waals surface area (Å²) in [6, 6.07) is 8.06. The van der Waals surface area contributed by atoms with Gasteiger partial charge in [0.15, 0.2) is 5.65 Å². The predicted molar refractivity (Wildman–Crippen MR) is 94.7 cm³/mol. The molecule has 0 spiro atoms. The Morgan fingerprint density at radius 2 is 2.24 bits per heavy atom. The minimum atomic E-state index is 0.214. The molecule has 0 bridgehead atoms. The number of fused-ring (bicyclic) bond motifs is 1. The Morgan fingerprint density at radius 1 is 1.32 bits per heavy atom. The van der Waals surface area contributed by atoms with Crippen molar-refractivity contribution in [2.45, 2.75) is 25.5 Å². The lowest BCUT2D eigenvalue weighted by atomic mass is 10.1. The van der Waals surface area contributed by atoms with Crippen molar-refractivity contribution < 1.29 is 9.47 Å². The van der Waals surface area contributed by atoms with Gasteiger partial charge in [0.25, 0.3) is 0 Å². The normalized spacial score (nSPS) is 17.1. The van der Waals surface area contributed by atoms with Gasteiger partial charge in [-0.3, -0.25) is 5.10 Å². The Morgan fingerprint density at radius 3 is 3.08 bits per heavy atom. The van der Waals surface area contributed by atoms with E-state index in [1.54, 1.807) is 19.6 Å². The Bertz CT molecular complexity index is 844. The minimum Gasteiger partial charge on any atom is -0.496 e. The number of rotatable bonds is 6. The monoisotopic (exact) mass is 339 g/mol. The molecule has 3 aromatic rings. The van der Waals surface area contributed by atoms with Crippen molar-refractivity contribution in [1.82, 2.24) is 20.2 Å². The molecule has 7 nitrogen and oxygen atoms in total. The van der Waals surface area contributed by atoms with Crippen LogP contribution in [-0.2, 0) is 11.3 Å². The zero-order chi connectivity index (χ0) is 17.1. The van der Waals surface area contributed by atoms with Crippen LogP contribution in [0.25, 0.3) is 11.0 Å². The van der Waals surface area contributed by atoms with Crippen LogP contribution in [0.4, 0.5) is 5.82 Å². The molecular weight excluding hydrogens is 318 g/mol. The maximum atomic E-state index is 5.85. The highest BCUT2D eigenvalue weighted by Crippen LogP contribution is 2.27. The molecule has 3 heterocycles. The number of ether oxygens (including phenoxy) is 2. The molecule has 2 aromatic heterocycles. The average Bonchev–Trinajstić information content (AvgIpc) is 3.32. The van der Waals surface area contributed by atoms with Gasteiger partial charge in [0.2, 0.25) is 0 Å². The molecule has 0 amide bonds. The second-order valence-electron chi connectivity index (χ2n) is 6.16. The number of hydrogen-bond acceptors (Lipinski definition) is 6. The number of H-pyrrole nitrogens is 1. The molecule has 1 N–H and O–H groups in total. The summed E-state index contributed by atoms with van der Waals surface area (Å²) < 4.78 is 11.4. The second kappa shape index (κ2) is 7.06. The SMILES string of the molecule is COc1ccccc1CN(CC1CCCO1)c1ncnc2[nH]ncc12. The standard InChI is InChI=1S/C18H21N5O2/c1-24-16-7-3-2-5-13(16)10-23(11-14-6-4-8-25-14)18-15-9-21-22-17(15)19-12-20-18/h2-3,5,7,9,12,14H,4,6,8,10-11H2,1H3,(H,19,20,21,22). The van der Waals surface area contributed by atoms with E-state index >= 15 is 0 Å². The number of para-hydroxylation sites is 1. The molecule has 1 aromatic carbocycles. The van der Waals surface area contributed by atoms with Gasteiger partial charge in [-0.25, -0.2) is 9.97 Å². The quantitative estimate of drug-likeness (QED) is 0.744. The van der Waals surface area contributed by atoms with Gasteiger partial charge in [0, 0.05) is 25.3 Å². The fourth-order valence-corrected chi connectivity index (χ4v) is 3.30. The minimum absolute atomic E-state index is 0.214. The first-order valence-electron chi connectivity index (χ1n) is 8.47.